The number of alkyl halides is 5. The molecule has 1 aromatic rings. The van der Waals surface area contributed by atoms with Crippen molar-refractivity contribution in [1.29, 1.82) is 0 Å². The van der Waals surface area contributed by atoms with Gasteiger partial charge in [-0.25, -0.2) is 4.39 Å². The Kier molecular flexibility index (Phi) is 7.06. The molecule has 6 atom stereocenters. The molecule has 13 heteroatoms. The number of pyridine rings is 1. The first-order valence-corrected chi connectivity index (χ1v) is 10.4. The summed E-state index contributed by atoms with van der Waals surface area (Å²) in [6.07, 6.45) is -4.57. The van der Waals surface area contributed by atoms with E-state index in [0.717, 1.165) is 37.4 Å². The standard InChI is InChI=1S/C22H23F6N3O4/c1-10-15(20(2)6-4-11(23)8-14(20)34-19(24)25)16(35-21(10,3)22(26,27)28)18(33)31-12-5-7-30-13(9-12)17(29)32/h4-10,14-16,19H,1-3H3,(H2,29,32)(H,30,31,33)/t10-,14?,15-,16+,20?,21-/m0/s1. The zero-order valence-corrected chi connectivity index (χ0v) is 18.8. The minimum atomic E-state index is -4.94. The fourth-order valence-electron chi connectivity index (χ4n) is 4.64. The molecule has 0 spiro atoms. The fraction of sp³-hybridized carbons (Fsp3) is 0.500. The number of nitrogens with zero attached hydrogens (tertiary/aromatic N) is 1. The van der Waals surface area contributed by atoms with Gasteiger partial charge in [0.15, 0.2) is 5.60 Å². The van der Waals surface area contributed by atoms with Gasteiger partial charge in [0.1, 0.15) is 17.6 Å². The number of carbonyl (C=O) groups is 2. The van der Waals surface area contributed by atoms with Crippen LogP contribution in [0.25, 0.3) is 0 Å². The maximum atomic E-state index is 14.1. The molecule has 7 nitrogen and oxygen atoms in total. The van der Waals surface area contributed by atoms with Gasteiger partial charge in [0.25, 0.3) is 11.8 Å². The van der Waals surface area contributed by atoms with Crippen molar-refractivity contribution in [1.82, 2.24) is 4.98 Å². The Labute approximate surface area is 196 Å². The highest BCUT2D eigenvalue weighted by atomic mass is 19.4. The minimum absolute atomic E-state index is 0.00919. The Morgan fingerprint density at radius 2 is 1.94 bits per heavy atom. The van der Waals surface area contributed by atoms with Gasteiger partial charge in [-0.05, 0) is 31.2 Å². The van der Waals surface area contributed by atoms with E-state index in [1.165, 1.54) is 19.9 Å². The molecule has 2 unspecified atom stereocenters. The number of ether oxygens (including phenoxy) is 2. The van der Waals surface area contributed by atoms with Crippen LogP contribution in [0, 0.1) is 17.3 Å². The second-order valence-electron chi connectivity index (χ2n) is 8.81. The summed E-state index contributed by atoms with van der Waals surface area (Å²) < 4.78 is 92.3. The highest BCUT2D eigenvalue weighted by molar-refractivity contribution is 5.97. The Hall–Kier alpha value is -2.93. The van der Waals surface area contributed by atoms with E-state index < -0.39 is 65.5 Å². The van der Waals surface area contributed by atoms with Crippen molar-refractivity contribution in [3.8, 4) is 0 Å². The fourth-order valence-corrected chi connectivity index (χ4v) is 4.64. The topological polar surface area (TPSA) is 104 Å². The lowest BCUT2D eigenvalue weighted by Crippen LogP contribution is -2.50. The number of primary amides is 1. The molecule has 1 fully saturated rings. The van der Waals surface area contributed by atoms with Crippen LogP contribution < -0.4 is 11.1 Å². The van der Waals surface area contributed by atoms with E-state index in [0.29, 0.717) is 0 Å². The van der Waals surface area contributed by atoms with Crippen molar-refractivity contribution in [2.45, 2.75) is 51.4 Å². The molecule has 1 aliphatic carbocycles. The molecule has 0 saturated carbocycles. The van der Waals surface area contributed by atoms with Crippen molar-refractivity contribution in [2.24, 2.45) is 23.0 Å². The van der Waals surface area contributed by atoms with E-state index in [1.807, 2.05) is 0 Å². The highest BCUT2D eigenvalue weighted by Crippen LogP contribution is 2.57. The molecule has 3 rings (SSSR count). The van der Waals surface area contributed by atoms with Gasteiger partial charge in [0.05, 0.1) is 6.10 Å². The van der Waals surface area contributed by atoms with Crippen LogP contribution in [0.5, 0.6) is 0 Å². The summed E-state index contributed by atoms with van der Waals surface area (Å²) in [5.74, 6) is -5.72. The van der Waals surface area contributed by atoms with Crippen LogP contribution in [0.1, 0.15) is 31.3 Å². The molecule has 1 aromatic heterocycles. The third-order valence-corrected chi connectivity index (χ3v) is 6.70. The highest BCUT2D eigenvalue weighted by Gasteiger charge is 2.68. The number of carbonyl (C=O) groups excluding carboxylic acids is 2. The molecule has 1 aliphatic heterocycles. The summed E-state index contributed by atoms with van der Waals surface area (Å²) in [6, 6.07) is 2.38. The minimum Gasteiger partial charge on any atom is -0.364 e. The van der Waals surface area contributed by atoms with Gasteiger partial charge in [0.2, 0.25) is 0 Å². The monoisotopic (exact) mass is 507 g/mol. The number of allylic oxidation sites excluding steroid dienone is 2. The number of rotatable bonds is 6. The van der Waals surface area contributed by atoms with Crippen molar-refractivity contribution < 1.29 is 45.4 Å². The van der Waals surface area contributed by atoms with Crippen LogP contribution in [0.2, 0.25) is 0 Å². The van der Waals surface area contributed by atoms with Gasteiger partial charge >= 0.3 is 12.8 Å². The molecular weight excluding hydrogens is 484 g/mol. The number of anilines is 1. The van der Waals surface area contributed by atoms with Gasteiger partial charge < -0.3 is 20.5 Å². The summed E-state index contributed by atoms with van der Waals surface area (Å²) >= 11 is 0. The summed E-state index contributed by atoms with van der Waals surface area (Å²) in [4.78, 5) is 28.3. The smallest absolute Gasteiger partial charge is 0.364 e. The summed E-state index contributed by atoms with van der Waals surface area (Å²) in [5.41, 5.74) is 0.388. The summed E-state index contributed by atoms with van der Waals surface area (Å²) in [7, 11) is 0. The predicted octanol–water partition coefficient (Wildman–Crippen LogP) is 4.13. The number of aromatic nitrogens is 1. The lowest BCUT2D eigenvalue weighted by Gasteiger charge is -2.43. The lowest BCUT2D eigenvalue weighted by molar-refractivity contribution is -0.272. The molecule has 0 bridgehead atoms. The summed E-state index contributed by atoms with van der Waals surface area (Å²) in [5, 5.41) is 2.36. The average molecular weight is 507 g/mol. The normalized spacial score (nSPS) is 33.0. The number of halogens is 6. The van der Waals surface area contributed by atoms with Crippen molar-refractivity contribution in [2.75, 3.05) is 5.32 Å². The largest absolute Gasteiger partial charge is 0.417 e. The Bertz CT molecular complexity index is 1060. The van der Waals surface area contributed by atoms with E-state index >= 15 is 0 Å². The van der Waals surface area contributed by atoms with Gasteiger partial charge in [0, 0.05) is 29.1 Å². The van der Waals surface area contributed by atoms with Gasteiger partial charge in [-0.2, -0.15) is 22.0 Å². The molecular formula is C22H23F6N3O4. The third kappa shape index (κ3) is 4.92. The molecule has 192 valence electrons. The number of nitrogens with one attached hydrogen (secondary N) is 1. The lowest BCUT2D eigenvalue weighted by atomic mass is 9.62. The van der Waals surface area contributed by atoms with Crippen LogP contribution in [0.15, 0.2) is 42.4 Å². The quantitative estimate of drug-likeness (QED) is 0.564. The molecule has 0 aromatic carbocycles. The van der Waals surface area contributed by atoms with Crippen molar-refractivity contribution >= 4 is 17.5 Å². The first-order valence-electron chi connectivity index (χ1n) is 10.4. The zero-order chi connectivity index (χ0) is 26.3. The third-order valence-electron chi connectivity index (χ3n) is 6.70. The Balaban J connectivity index is 2.05. The average Bonchev–Trinajstić information content (AvgIpc) is 3.03. The SMILES string of the molecule is C[C@H]1[C@H](C2(C)C=CC(F)=CC2OC(F)F)[C@H](C(=O)Nc2ccnc(C(N)=O)c2)O[C@]1(C)C(F)(F)F. The van der Waals surface area contributed by atoms with Gasteiger partial charge in [-0.15, -0.1) is 0 Å². The predicted molar refractivity (Wildman–Crippen MR) is 111 cm³/mol. The second-order valence-corrected chi connectivity index (χ2v) is 8.81. The van der Waals surface area contributed by atoms with Crippen LogP contribution in [0.3, 0.4) is 0 Å². The maximum Gasteiger partial charge on any atom is 0.417 e. The number of nitrogens with two attached hydrogens (primary N) is 1. The van der Waals surface area contributed by atoms with Crippen LogP contribution >= 0.6 is 0 Å². The molecule has 1 saturated heterocycles. The van der Waals surface area contributed by atoms with Crippen LogP contribution in [-0.2, 0) is 14.3 Å². The number of hydrogen-bond acceptors (Lipinski definition) is 5. The zero-order valence-electron chi connectivity index (χ0n) is 18.8. The maximum absolute atomic E-state index is 14.1. The molecule has 0 radical (unpaired) electrons. The van der Waals surface area contributed by atoms with Crippen LogP contribution in [-0.4, -0.2) is 47.4 Å². The Morgan fingerprint density at radius 3 is 2.51 bits per heavy atom. The van der Waals surface area contributed by atoms with Crippen molar-refractivity contribution in [3.63, 3.8) is 0 Å². The first-order chi connectivity index (χ1) is 16.1. The van der Waals surface area contributed by atoms with E-state index in [2.05, 4.69) is 15.0 Å². The Morgan fingerprint density at radius 1 is 1.29 bits per heavy atom. The molecule has 35 heavy (non-hydrogen) atoms. The molecule has 2 heterocycles. The second kappa shape index (κ2) is 9.26. The van der Waals surface area contributed by atoms with E-state index in [-0.39, 0.29) is 11.4 Å². The van der Waals surface area contributed by atoms with Gasteiger partial charge in [-0.3, -0.25) is 14.6 Å². The first kappa shape index (κ1) is 26.7. The van der Waals surface area contributed by atoms with E-state index in [4.69, 9.17) is 10.5 Å². The van der Waals surface area contributed by atoms with E-state index in [9.17, 15) is 35.9 Å². The molecule has 2 amide bonds. The van der Waals surface area contributed by atoms with E-state index in [1.54, 1.807) is 0 Å². The van der Waals surface area contributed by atoms with Crippen LogP contribution in [0.4, 0.5) is 32.0 Å². The van der Waals surface area contributed by atoms with Gasteiger partial charge in [-0.1, -0.05) is 19.9 Å². The molecule has 2 aliphatic rings. The number of amides is 2. The summed E-state index contributed by atoms with van der Waals surface area (Å²) in [6.45, 7) is -0.136. The molecule has 3 N–H and O–H groups in total. The number of hydrogen-bond donors (Lipinski definition) is 2. The van der Waals surface area contributed by atoms with Crippen molar-refractivity contribution in [3.05, 3.63) is 48.1 Å².